The standard InChI is InChI=1S/C11H8F4N4S/c12-8-3-7(11(13,14)15)2-1-6(8)4-17-19-10-18-9(16)5-20-10/h1-5H,16H2,(H,18,19). The summed E-state index contributed by atoms with van der Waals surface area (Å²) in [4.78, 5) is 3.84. The lowest BCUT2D eigenvalue weighted by Gasteiger charge is -2.06. The van der Waals surface area contributed by atoms with Crippen LogP contribution < -0.4 is 11.2 Å². The van der Waals surface area contributed by atoms with Gasteiger partial charge in [-0.25, -0.2) is 9.37 Å². The summed E-state index contributed by atoms with van der Waals surface area (Å²) in [6, 6.07) is 2.20. The molecule has 1 heterocycles. The topological polar surface area (TPSA) is 63.3 Å². The molecule has 0 radical (unpaired) electrons. The van der Waals surface area contributed by atoms with Crippen molar-refractivity contribution in [3.8, 4) is 0 Å². The quantitative estimate of drug-likeness (QED) is 0.519. The third-order valence-electron chi connectivity index (χ3n) is 2.21. The van der Waals surface area contributed by atoms with Crippen molar-refractivity contribution in [2.45, 2.75) is 6.18 Å². The summed E-state index contributed by atoms with van der Waals surface area (Å²) in [6.45, 7) is 0. The number of halogens is 4. The van der Waals surface area contributed by atoms with Crippen LogP contribution in [0.3, 0.4) is 0 Å². The lowest BCUT2D eigenvalue weighted by atomic mass is 10.1. The lowest BCUT2D eigenvalue weighted by molar-refractivity contribution is -0.137. The Labute approximate surface area is 114 Å². The number of hydrogen-bond acceptors (Lipinski definition) is 5. The summed E-state index contributed by atoms with van der Waals surface area (Å²) in [5.41, 5.74) is 6.76. The first-order valence-corrected chi connectivity index (χ1v) is 6.11. The van der Waals surface area contributed by atoms with Crippen LogP contribution in [0.5, 0.6) is 0 Å². The van der Waals surface area contributed by atoms with E-state index in [4.69, 9.17) is 5.73 Å². The van der Waals surface area contributed by atoms with E-state index in [9.17, 15) is 17.6 Å². The van der Waals surface area contributed by atoms with Crippen LogP contribution in [0.4, 0.5) is 28.5 Å². The van der Waals surface area contributed by atoms with Crippen molar-refractivity contribution >= 4 is 28.5 Å². The van der Waals surface area contributed by atoms with Crippen molar-refractivity contribution in [3.63, 3.8) is 0 Å². The predicted molar refractivity (Wildman–Crippen MR) is 69.1 cm³/mol. The number of hydrogen-bond donors (Lipinski definition) is 2. The number of benzene rings is 1. The van der Waals surface area contributed by atoms with E-state index >= 15 is 0 Å². The highest BCUT2D eigenvalue weighted by Gasteiger charge is 2.30. The van der Waals surface area contributed by atoms with Crippen LogP contribution in [0, 0.1) is 5.82 Å². The molecule has 0 aliphatic rings. The fraction of sp³-hybridized carbons (Fsp3) is 0.0909. The SMILES string of the molecule is Nc1csc(NN=Cc2ccc(C(F)(F)F)cc2F)n1. The van der Waals surface area contributed by atoms with Crippen molar-refractivity contribution in [3.05, 3.63) is 40.5 Å². The van der Waals surface area contributed by atoms with Crippen LogP contribution in [0.1, 0.15) is 11.1 Å². The second kappa shape index (κ2) is 5.45. The van der Waals surface area contributed by atoms with E-state index in [-0.39, 0.29) is 5.56 Å². The van der Waals surface area contributed by atoms with E-state index in [1.807, 2.05) is 0 Å². The third kappa shape index (κ3) is 3.44. The Balaban J connectivity index is 2.10. The Bertz CT molecular complexity index is 636. The molecule has 0 saturated heterocycles. The van der Waals surface area contributed by atoms with Gasteiger partial charge in [0.1, 0.15) is 11.6 Å². The van der Waals surface area contributed by atoms with Gasteiger partial charge in [0, 0.05) is 10.9 Å². The smallest absolute Gasteiger partial charge is 0.383 e. The molecule has 9 heteroatoms. The summed E-state index contributed by atoms with van der Waals surface area (Å²) < 4.78 is 50.5. The van der Waals surface area contributed by atoms with E-state index in [0.29, 0.717) is 17.0 Å². The number of alkyl halides is 3. The number of hydrazone groups is 1. The van der Waals surface area contributed by atoms with Crippen LogP contribution in [0.2, 0.25) is 0 Å². The van der Waals surface area contributed by atoms with Crippen molar-refractivity contribution in [1.29, 1.82) is 0 Å². The molecule has 0 unspecified atom stereocenters. The maximum atomic E-state index is 13.5. The minimum absolute atomic E-state index is 0.0740. The zero-order valence-electron chi connectivity index (χ0n) is 9.78. The molecular weight excluding hydrogens is 296 g/mol. The van der Waals surface area contributed by atoms with Crippen molar-refractivity contribution in [1.82, 2.24) is 4.98 Å². The first kappa shape index (κ1) is 14.3. The van der Waals surface area contributed by atoms with Crippen LogP contribution in [-0.4, -0.2) is 11.2 Å². The average Bonchev–Trinajstić information content (AvgIpc) is 2.76. The van der Waals surface area contributed by atoms with E-state index in [1.54, 1.807) is 5.38 Å². The summed E-state index contributed by atoms with van der Waals surface area (Å²) in [6.07, 6.45) is -3.51. The van der Waals surface area contributed by atoms with Gasteiger partial charge < -0.3 is 5.73 Å². The lowest BCUT2D eigenvalue weighted by Crippen LogP contribution is -2.06. The maximum Gasteiger partial charge on any atom is 0.416 e. The number of thiazole rings is 1. The van der Waals surface area contributed by atoms with Gasteiger partial charge in [-0.05, 0) is 18.2 Å². The Kier molecular flexibility index (Phi) is 3.89. The summed E-state index contributed by atoms with van der Waals surface area (Å²) in [5, 5.41) is 5.65. The van der Waals surface area contributed by atoms with Crippen LogP contribution in [0.15, 0.2) is 28.7 Å². The van der Waals surface area contributed by atoms with Crippen molar-refractivity contribution in [2.75, 3.05) is 11.2 Å². The van der Waals surface area contributed by atoms with Crippen LogP contribution in [-0.2, 0) is 6.18 Å². The van der Waals surface area contributed by atoms with E-state index in [1.165, 1.54) is 11.3 Å². The van der Waals surface area contributed by atoms with Gasteiger partial charge in [0.15, 0.2) is 0 Å². The molecule has 3 N–H and O–H groups in total. The number of nitrogen functional groups attached to an aromatic ring is 1. The Morgan fingerprint density at radius 2 is 2.10 bits per heavy atom. The van der Waals surface area contributed by atoms with Gasteiger partial charge in [0.05, 0.1) is 11.8 Å². The molecule has 2 aromatic rings. The first-order chi connectivity index (χ1) is 9.36. The molecule has 0 bridgehead atoms. The van der Waals surface area contributed by atoms with Gasteiger partial charge >= 0.3 is 6.18 Å². The van der Waals surface area contributed by atoms with Gasteiger partial charge in [-0.2, -0.15) is 18.3 Å². The molecule has 0 saturated carbocycles. The Morgan fingerprint density at radius 3 is 2.65 bits per heavy atom. The van der Waals surface area contributed by atoms with Gasteiger partial charge in [-0.3, -0.25) is 5.43 Å². The normalized spacial score (nSPS) is 12.0. The zero-order chi connectivity index (χ0) is 14.8. The van der Waals surface area contributed by atoms with Crippen LogP contribution in [0.25, 0.3) is 0 Å². The zero-order valence-corrected chi connectivity index (χ0v) is 10.6. The number of nitrogens with two attached hydrogens (primary N) is 1. The molecule has 0 spiro atoms. The average molecular weight is 304 g/mol. The molecule has 1 aromatic carbocycles. The van der Waals surface area contributed by atoms with Gasteiger partial charge in [-0.1, -0.05) is 0 Å². The summed E-state index contributed by atoms with van der Waals surface area (Å²) in [5.74, 6) is -0.697. The van der Waals surface area contributed by atoms with Gasteiger partial charge in [0.25, 0.3) is 0 Å². The maximum absolute atomic E-state index is 13.5. The number of rotatable bonds is 3. The first-order valence-electron chi connectivity index (χ1n) is 5.23. The molecule has 0 amide bonds. The Morgan fingerprint density at radius 1 is 1.35 bits per heavy atom. The number of nitrogens with zero attached hydrogens (tertiary/aromatic N) is 2. The molecule has 1 aromatic heterocycles. The summed E-state index contributed by atoms with van der Waals surface area (Å²) in [7, 11) is 0. The fourth-order valence-corrected chi connectivity index (χ4v) is 1.85. The Hall–Kier alpha value is -2.16. The molecule has 0 aliphatic carbocycles. The summed E-state index contributed by atoms with van der Waals surface area (Å²) >= 11 is 1.19. The van der Waals surface area contributed by atoms with Crippen molar-refractivity contribution < 1.29 is 17.6 Å². The fourth-order valence-electron chi connectivity index (χ4n) is 1.30. The minimum atomic E-state index is -4.58. The van der Waals surface area contributed by atoms with Gasteiger partial charge in [-0.15, -0.1) is 11.3 Å². The number of nitrogens with one attached hydrogen (secondary N) is 1. The van der Waals surface area contributed by atoms with Crippen LogP contribution >= 0.6 is 11.3 Å². The van der Waals surface area contributed by atoms with E-state index in [2.05, 4.69) is 15.5 Å². The van der Waals surface area contributed by atoms with E-state index in [0.717, 1.165) is 18.3 Å². The largest absolute Gasteiger partial charge is 0.416 e. The molecule has 4 nitrogen and oxygen atoms in total. The molecule has 0 fully saturated rings. The predicted octanol–water partition coefficient (Wildman–Crippen LogP) is 3.33. The number of anilines is 2. The molecule has 20 heavy (non-hydrogen) atoms. The molecule has 0 aliphatic heterocycles. The second-order valence-corrected chi connectivity index (χ2v) is 4.54. The van der Waals surface area contributed by atoms with Gasteiger partial charge in [0.2, 0.25) is 5.13 Å². The van der Waals surface area contributed by atoms with E-state index < -0.39 is 17.6 Å². The van der Waals surface area contributed by atoms with Crippen molar-refractivity contribution in [2.24, 2.45) is 5.10 Å². The number of aromatic nitrogens is 1. The molecule has 106 valence electrons. The highest BCUT2D eigenvalue weighted by molar-refractivity contribution is 7.14. The monoisotopic (exact) mass is 304 g/mol. The molecular formula is C11H8F4N4S. The minimum Gasteiger partial charge on any atom is -0.383 e. The third-order valence-corrected chi connectivity index (χ3v) is 2.98. The highest BCUT2D eigenvalue weighted by Crippen LogP contribution is 2.29. The second-order valence-electron chi connectivity index (χ2n) is 3.68. The molecule has 0 atom stereocenters. The molecule has 2 rings (SSSR count). The highest BCUT2D eigenvalue weighted by atomic mass is 32.1.